The first-order valence-corrected chi connectivity index (χ1v) is 8.16. The molecule has 0 amide bonds. The number of aliphatic imine (C=N–C) groups is 1. The van der Waals surface area contributed by atoms with Crippen LogP contribution in [0.25, 0.3) is 0 Å². The largest absolute Gasteiger partial charge is 0.444 e. The molecule has 0 saturated carbocycles. The summed E-state index contributed by atoms with van der Waals surface area (Å²) >= 11 is 0. The minimum Gasteiger partial charge on any atom is -0.444 e. The molecule has 130 valence electrons. The van der Waals surface area contributed by atoms with Crippen molar-refractivity contribution in [3.05, 3.63) is 47.7 Å². The molecule has 1 aromatic carbocycles. The van der Waals surface area contributed by atoms with Crippen molar-refractivity contribution >= 4 is 11.6 Å². The molecule has 2 rings (SSSR count). The number of likely N-dealkylation sites (N-methyl/N-ethyl adjacent to an activating group) is 1. The number of anilines is 1. The number of nitrogens with zero attached hydrogens (tertiary/aromatic N) is 3. The topological polar surface area (TPSA) is 65.7 Å². The number of aryl methyl sites for hydroxylation is 2. The van der Waals surface area contributed by atoms with Gasteiger partial charge < -0.3 is 20.0 Å². The van der Waals surface area contributed by atoms with Crippen LogP contribution in [-0.2, 0) is 6.54 Å². The smallest absolute Gasteiger partial charge is 0.214 e. The summed E-state index contributed by atoms with van der Waals surface area (Å²) in [5.74, 6) is 2.26. The predicted molar refractivity (Wildman–Crippen MR) is 98.5 cm³/mol. The Hall–Kier alpha value is -2.50. The van der Waals surface area contributed by atoms with E-state index in [9.17, 15) is 0 Å². The van der Waals surface area contributed by atoms with Gasteiger partial charge in [0.15, 0.2) is 5.96 Å². The molecule has 0 radical (unpaired) electrons. The van der Waals surface area contributed by atoms with Crippen molar-refractivity contribution in [2.45, 2.75) is 33.4 Å². The predicted octanol–water partition coefficient (Wildman–Crippen LogP) is 2.48. The highest BCUT2D eigenvalue weighted by Gasteiger charge is 2.11. The molecule has 1 aromatic heterocycles. The van der Waals surface area contributed by atoms with Crippen molar-refractivity contribution in [3.8, 4) is 0 Å². The van der Waals surface area contributed by atoms with Crippen LogP contribution in [0, 0.1) is 13.8 Å². The lowest BCUT2D eigenvalue weighted by molar-refractivity contribution is 0.463. The zero-order chi connectivity index (χ0) is 17.5. The Morgan fingerprint density at radius 1 is 1.25 bits per heavy atom. The van der Waals surface area contributed by atoms with Gasteiger partial charge in [-0.15, -0.1) is 0 Å². The number of hydrogen-bond donors (Lipinski definition) is 2. The Morgan fingerprint density at radius 3 is 2.54 bits per heavy atom. The van der Waals surface area contributed by atoms with Crippen LogP contribution in [0.4, 0.5) is 5.69 Å². The molecular weight excluding hydrogens is 302 g/mol. The van der Waals surface area contributed by atoms with E-state index >= 15 is 0 Å². The molecule has 2 aromatic rings. The number of benzene rings is 1. The Bertz CT molecular complexity index is 646. The Labute approximate surface area is 144 Å². The highest BCUT2D eigenvalue weighted by atomic mass is 16.4. The summed E-state index contributed by atoms with van der Waals surface area (Å²) in [6.45, 7) is 7.32. The monoisotopic (exact) mass is 329 g/mol. The molecule has 1 atom stereocenters. The van der Waals surface area contributed by atoms with E-state index in [1.54, 1.807) is 7.05 Å². The second-order valence-electron chi connectivity index (χ2n) is 5.85. The highest BCUT2D eigenvalue weighted by molar-refractivity contribution is 5.79. The normalized spacial score (nSPS) is 12.8. The second kappa shape index (κ2) is 8.38. The van der Waals surface area contributed by atoms with Gasteiger partial charge >= 0.3 is 0 Å². The van der Waals surface area contributed by atoms with Gasteiger partial charge in [0.25, 0.3) is 0 Å². The maximum absolute atomic E-state index is 5.57. The zero-order valence-electron chi connectivity index (χ0n) is 15.1. The fraction of sp³-hybridized carbons (Fsp3) is 0.444. The van der Waals surface area contributed by atoms with Crippen LogP contribution in [0.2, 0.25) is 0 Å². The lowest BCUT2D eigenvalue weighted by Gasteiger charge is -2.27. The van der Waals surface area contributed by atoms with Crippen molar-refractivity contribution in [1.82, 2.24) is 15.6 Å². The van der Waals surface area contributed by atoms with Gasteiger partial charge in [0.2, 0.25) is 5.89 Å². The molecular formula is C18H27N5O. The number of hydrogen-bond acceptors (Lipinski definition) is 4. The van der Waals surface area contributed by atoms with Gasteiger partial charge in [-0.25, -0.2) is 4.98 Å². The third-order valence-electron chi connectivity index (χ3n) is 4.09. The number of rotatable bonds is 6. The van der Waals surface area contributed by atoms with Gasteiger partial charge in [-0.2, -0.15) is 0 Å². The summed E-state index contributed by atoms with van der Waals surface area (Å²) in [5, 5.41) is 6.56. The lowest BCUT2D eigenvalue weighted by atomic mass is 10.2. The first-order valence-electron chi connectivity index (χ1n) is 8.16. The number of oxazole rings is 1. The summed E-state index contributed by atoms with van der Waals surface area (Å²) in [4.78, 5) is 10.8. The Balaban J connectivity index is 1.82. The molecule has 6 nitrogen and oxygen atoms in total. The molecule has 24 heavy (non-hydrogen) atoms. The van der Waals surface area contributed by atoms with Crippen molar-refractivity contribution in [2.75, 3.05) is 25.5 Å². The van der Waals surface area contributed by atoms with Gasteiger partial charge in [-0.1, -0.05) is 18.2 Å². The third-order valence-corrected chi connectivity index (χ3v) is 4.09. The van der Waals surface area contributed by atoms with Crippen LogP contribution in [0.5, 0.6) is 0 Å². The van der Waals surface area contributed by atoms with Gasteiger partial charge in [-0.3, -0.25) is 4.99 Å². The quantitative estimate of drug-likeness (QED) is 0.630. The number of nitrogens with one attached hydrogen (secondary N) is 2. The second-order valence-corrected chi connectivity index (χ2v) is 5.85. The van der Waals surface area contributed by atoms with E-state index in [4.69, 9.17) is 4.42 Å². The molecule has 0 fully saturated rings. The van der Waals surface area contributed by atoms with Crippen LogP contribution in [-0.4, -0.2) is 37.6 Å². The molecule has 2 N–H and O–H groups in total. The Morgan fingerprint density at radius 2 is 1.96 bits per heavy atom. The van der Waals surface area contributed by atoms with Crippen LogP contribution >= 0.6 is 0 Å². The van der Waals surface area contributed by atoms with Crippen molar-refractivity contribution in [2.24, 2.45) is 4.99 Å². The lowest BCUT2D eigenvalue weighted by Crippen LogP contribution is -2.44. The molecule has 0 aliphatic heterocycles. The average molecular weight is 329 g/mol. The number of guanidine groups is 1. The first-order chi connectivity index (χ1) is 11.5. The highest BCUT2D eigenvalue weighted by Crippen LogP contribution is 2.13. The summed E-state index contributed by atoms with van der Waals surface area (Å²) in [6, 6.07) is 10.7. The van der Waals surface area contributed by atoms with Crippen LogP contribution < -0.4 is 15.5 Å². The van der Waals surface area contributed by atoms with Gasteiger partial charge in [0.05, 0.1) is 12.2 Å². The van der Waals surface area contributed by atoms with E-state index in [2.05, 4.69) is 51.6 Å². The molecule has 0 bridgehead atoms. The molecule has 0 aliphatic rings. The zero-order valence-corrected chi connectivity index (χ0v) is 15.1. The van der Waals surface area contributed by atoms with E-state index in [-0.39, 0.29) is 0 Å². The molecule has 1 heterocycles. The van der Waals surface area contributed by atoms with E-state index < -0.39 is 0 Å². The molecule has 1 unspecified atom stereocenters. The summed E-state index contributed by atoms with van der Waals surface area (Å²) in [6.07, 6.45) is 0. The maximum Gasteiger partial charge on any atom is 0.214 e. The van der Waals surface area contributed by atoms with Crippen LogP contribution in [0.15, 0.2) is 39.7 Å². The molecule has 6 heteroatoms. The standard InChI is InChI=1S/C18H27N5O/c1-13(23(5)16-9-7-6-8-10-16)11-20-18(19-4)21-12-17-22-14(2)15(3)24-17/h6-10,13H,11-12H2,1-5H3,(H2,19,20,21). The van der Waals surface area contributed by atoms with Crippen molar-refractivity contribution in [1.29, 1.82) is 0 Å². The van der Waals surface area contributed by atoms with E-state index in [0.29, 0.717) is 18.5 Å². The molecule has 0 spiro atoms. The summed E-state index contributed by atoms with van der Waals surface area (Å²) in [7, 11) is 3.85. The SMILES string of the molecule is CN=C(NCc1nc(C)c(C)o1)NCC(C)N(C)c1ccccc1. The van der Waals surface area contributed by atoms with Crippen LogP contribution in [0.1, 0.15) is 24.3 Å². The van der Waals surface area contributed by atoms with E-state index in [0.717, 1.165) is 24.0 Å². The first kappa shape index (κ1) is 17.8. The average Bonchev–Trinajstić information content (AvgIpc) is 2.93. The fourth-order valence-electron chi connectivity index (χ4n) is 2.29. The van der Waals surface area contributed by atoms with E-state index in [1.807, 2.05) is 32.0 Å². The Kier molecular flexibility index (Phi) is 6.23. The van der Waals surface area contributed by atoms with Crippen LogP contribution in [0.3, 0.4) is 0 Å². The summed E-state index contributed by atoms with van der Waals surface area (Å²) < 4.78 is 5.57. The fourth-order valence-corrected chi connectivity index (χ4v) is 2.29. The number of aromatic nitrogens is 1. The third kappa shape index (κ3) is 4.75. The van der Waals surface area contributed by atoms with Crippen molar-refractivity contribution in [3.63, 3.8) is 0 Å². The van der Waals surface area contributed by atoms with Gasteiger partial charge in [0.1, 0.15) is 5.76 Å². The van der Waals surface area contributed by atoms with E-state index in [1.165, 1.54) is 5.69 Å². The van der Waals surface area contributed by atoms with Crippen molar-refractivity contribution < 1.29 is 4.42 Å². The summed E-state index contributed by atoms with van der Waals surface area (Å²) in [5.41, 5.74) is 2.12. The minimum atomic E-state index is 0.317. The maximum atomic E-state index is 5.57. The molecule has 0 aliphatic carbocycles. The minimum absolute atomic E-state index is 0.317. The van der Waals surface area contributed by atoms with Gasteiger partial charge in [0, 0.05) is 32.4 Å². The molecule has 0 saturated heterocycles. The number of para-hydroxylation sites is 1. The van der Waals surface area contributed by atoms with Gasteiger partial charge in [-0.05, 0) is 32.9 Å².